The molecule has 4 N–H and O–H groups in total. The van der Waals surface area contributed by atoms with E-state index in [0.29, 0.717) is 5.56 Å². The Morgan fingerprint density at radius 3 is 2.71 bits per heavy atom. The third kappa shape index (κ3) is 2.56. The van der Waals surface area contributed by atoms with Gasteiger partial charge in [0.05, 0.1) is 0 Å². The highest BCUT2D eigenvalue weighted by atomic mass is 31.2. The number of aliphatic hydroxyl groups is 2. The number of benzene rings is 1. The van der Waals surface area contributed by atoms with Crippen molar-refractivity contribution in [2.45, 2.75) is 12.1 Å². The van der Waals surface area contributed by atoms with Crippen molar-refractivity contribution in [2.75, 3.05) is 6.61 Å². The van der Waals surface area contributed by atoms with Crippen molar-refractivity contribution in [1.82, 2.24) is 0 Å². The van der Waals surface area contributed by atoms with Gasteiger partial charge in [-0.2, -0.15) is 0 Å². The molecule has 8 heteroatoms. The summed E-state index contributed by atoms with van der Waals surface area (Å²) in [6, 6.07) is 6.26. The summed E-state index contributed by atoms with van der Waals surface area (Å²) in [5.41, 5.74) is 0.560. The first kappa shape index (κ1) is 12.7. The van der Waals surface area contributed by atoms with Gasteiger partial charge in [-0.3, -0.25) is 4.52 Å². The van der Waals surface area contributed by atoms with Gasteiger partial charge in [-0.1, -0.05) is 24.3 Å². The van der Waals surface area contributed by atoms with Gasteiger partial charge < -0.3 is 24.7 Å². The zero-order valence-corrected chi connectivity index (χ0v) is 9.45. The number of ether oxygens (including phenoxy) is 1. The van der Waals surface area contributed by atoms with Gasteiger partial charge in [-0.25, -0.2) is 4.57 Å². The topological polar surface area (TPSA) is 116 Å². The summed E-state index contributed by atoms with van der Waals surface area (Å²) in [5.74, 6) is -2.06. The monoisotopic (exact) mass is 262 g/mol. The predicted octanol–water partition coefficient (Wildman–Crippen LogP) is -0.0379. The van der Waals surface area contributed by atoms with Crippen molar-refractivity contribution in [3.63, 3.8) is 0 Å². The minimum absolute atomic E-state index is 0.223. The van der Waals surface area contributed by atoms with Crippen molar-refractivity contribution < 1.29 is 33.8 Å². The lowest BCUT2D eigenvalue weighted by molar-refractivity contribution is -0.281. The molecule has 1 aromatic rings. The van der Waals surface area contributed by atoms with E-state index in [1.54, 1.807) is 12.1 Å². The molecule has 0 aliphatic carbocycles. The zero-order chi connectivity index (χ0) is 12.7. The molecular weight excluding hydrogens is 251 g/mol. The van der Waals surface area contributed by atoms with Crippen LogP contribution in [0.1, 0.15) is 17.4 Å². The molecule has 0 aromatic heterocycles. The quantitative estimate of drug-likeness (QED) is 0.565. The zero-order valence-electron chi connectivity index (χ0n) is 8.55. The summed E-state index contributed by atoms with van der Waals surface area (Å²) in [6.45, 7) is -0.772. The van der Waals surface area contributed by atoms with Gasteiger partial charge in [0.1, 0.15) is 6.61 Å². The minimum Gasteiger partial charge on any atom is -0.364 e. The van der Waals surface area contributed by atoms with Gasteiger partial charge in [-0.15, -0.1) is 0 Å². The largest absolute Gasteiger partial charge is 0.469 e. The molecule has 2 unspecified atom stereocenters. The highest BCUT2D eigenvalue weighted by molar-refractivity contribution is 7.46. The molecule has 17 heavy (non-hydrogen) atoms. The average Bonchev–Trinajstić information content (AvgIpc) is 2.50. The molecule has 0 amide bonds. The molecule has 1 heterocycles. The Morgan fingerprint density at radius 1 is 1.41 bits per heavy atom. The first-order valence-electron chi connectivity index (χ1n) is 4.70. The fraction of sp³-hybridized carbons (Fsp3) is 0.333. The summed E-state index contributed by atoms with van der Waals surface area (Å²) < 4.78 is 19.6. The Kier molecular flexibility index (Phi) is 3.09. The van der Waals surface area contributed by atoms with Crippen LogP contribution in [0, 0.1) is 0 Å². The van der Waals surface area contributed by atoms with Gasteiger partial charge in [0.15, 0.2) is 6.29 Å². The van der Waals surface area contributed by atoms with Gasteiger partial charge >= 0.3 is 7.82 Å². The lowest BCUT2D eigenvalue weighted by Crippen LogP contribution is -2.30. The maximum Gasteiger partial charge on any atom is 0.469 e. The van der Waals surface area contributed by atoms with Crippen molar-refractivity contribution >= 4 is 7.82 Å². The number of fused-ring (bicyclic) bond motifs is 1. The van der Waals surface area contributed by atoms with E-state index >= 15 is 0 Å². The number of phosphoric ester groups is 1. The molecule has 1 aliphatic heterocycles. The van der Waals surface area contributed by atoms with E-state index in [9.17, 15) is 14.8 Å². The lowest BCUT2D eigenvalue weighted by atomic mass is 10.0. The van der Waals surface area contributed by atoms with Crippen LogP contribution in [0.2, 0.25) is 0 Å². The fourth-order valence-electron chi connectivity index (χ4n) is 1.66. The molecule has 94 valence electrons. The maximum atomic E-state index is 10.6. The number of hydrogen-bond donors (Lipinski definition) is 4. The van der Waals surface area contributed by atoms with Crippen molar-refractivity contribution in [1.29, 1.82) is 0 Å². The smallest absolute Gasteiger partial charge is 0.364 e. The van der Waals surface area contributed by atoms with Crippen LogP contribution in [0.3, 0.4) is 0 Å². The van der Waals surface area contributed by atoms with Crippen LogP contribution in [0.15, 0.2) is 24.3 Å². The molecule has 2 rings (SSSR count). The molecule has 0 saturated heterocycles. The first-order chi connectivity index (χ1) is 7.82. The standard InChI is InChI=1S/C9H11O7P/c10-8-6-3-1-2-4-7(6)9(11,16-8)5-15-17(12,13)14/h1-4,8,10-11H,5H2,(H2,12,13,14). The lowest BCUT2D eigenvalue weighted by Gasteiger charge is -2.23. The molecule has 0 spiro atoms. The summed E-state index contributed by atoms with van der Waals surface area (Å²) in [4.78, 5) is 17.1. The van der Waals surface area contributed by atoms with E-state index in [0.717, 1.165) is 0 Å². The predicted molar refractivity (Wildman–Crippen MR) is 54.4 cm³/mol. The first-order valence-corrected chi connectivity index (χ1v) is 6.23. The normalized spacial score (nSPS) is 28.1. The van der Waals surface area contributed by atoms with Crippen molar-refractivity contribution in [3.8, 4) is 0 Å². The second kappa shape index (κ2) is 4.15. The maximum absolute atomic E-state index is 10.6. The molecule has 1 aromatic carbocycles. The van der Waals surface area contributed by atoms with Crippen LogP contribution in [-0.2, 0) is 19.6 Å². The molecule has 1 aliphatic rings. The minimum atomic E-state index is -4.71. The Morgan fingerprint density at radius 2 is 2.06 bits per heavy atom. The summed E-state index contributed by atoms with van der Waals surface area (Å²) in [5, 5.41) is 19.5. The van der Waals surface area contributed by atoms with E-state index in [2.05, 4.69) is 4.52 Å². The van der Waals surface area contributed by atoms with Crippen molar-refractivity contribution in [3.05, 3.63) is 35.4 Å². The van der Waals surface area contributed by atoms with Crippen LogP contribution in [0.4, 0.5) is 0 Å². The number of aliphatic hydroxyl groups excluding tert-OH is 1. The third-order valence-electron chi connectivity index (χ3n) is 2.38. The number of hydrogen-bond acceptors (Lipinski definition) is 5. The van der Waals surface area contributed by atoms with Gasteiger partial charge in [-0.05, 0) is 0 Å². The van der Waals surface area contributed by atoms with E-state index in [1.165, 1.54) is 12.1 Å². The highest BCUT2D eigenvalue weighted by Crippen LogP contribution is 2.44. The van der Waals surface area contributed by atoms with Crippen molar-refractivity contribution in [2.24, 2.45) is 0 Å². The summed E-state index contributed by atoms with van der Waals surface area (Å²) in [6.07, 6.45) is -1.35. The molecule has 0 bridgehead atoms. The van der Waals surface area contributed by atoms with Crippen LogP contribution in [0.5, 0.6) is 0 Å². The Hall–Kier alpha value is -0.790. The van der Waals surface area contributed by atoms with E-state index in [4.69, 9.17) is 14.5 Å². The Bertz CT molecular complexity index is 470. The van der Waals surface area contributed by atoms with Crippen LogP contribution in [0.25, 0.3) is 0 Å². The SMILES string of the molecule is O=P(O)(O)OCC1(O)OC(O)c2ccccc21. The summed E-state index contributed by atoms with van der Waals surface area (Å²) >= 11 is 0. The second-order valence-electron chi connectivity index (χ2n) is 3.61. The molecule has 7 nitrogen and oxygen atoms in total. The van der Waals surface area contributed by atoms with Gasteiger partial charge in [0, 0.05) is 11.1 Å². The Balaban J connectivity index is 2.26. The van der Waals surface area contributed by atoms with Gasteiger partial charge in [0.25, 0.3) is 0 Å². The van der Waals surface area contributed by atoms with E-state index < -0.39 is 26.5 Å². The average molecular weight is 262 g/mol. The number of phosphoric acid groups is 1. The molecule has 0 radical (unpaired) electrons. The third-order valence-corrected chi connectivity index (χ3v) is 2.85. The highest BCUT2D eigenvalue weighted by Gasteiger charge is 2.44. The van der Waals surface area contributed by atoms with Gasteiger partial charge in [0.2, 0.25) is 5.79 Å². The summed E-state index contributed by atoms with van der Waals surface area (Å²) in [7, 11) is -4.71. The van der Waals surface area contributed by atoms with Crippen LogP contribution >= 0.6 is 7.82 Å². The van der Waals surface area contributed by atoms with E-state index in [1.807, 2.05) is 0 Å². The molecular formula is C9H11O7P. The molecule has 0 saturated carbocycles. The second-order valence-corrected chi connectivity index (χ2v) is 4.85. The Labute approximate surface area is 96.5 Å². The fourth-order valence-corrected chi connectivity index (χ4v) is 2.01. The molecule has 0 fully saturated rings. The van der Waals surface area contributed by atoms with Crippen LogP contribution < -0.4 is 0 Å². The van der Waals surface area contributed by atoms with E-state index in [-0.39, 0.29) is 5.56 Å². The number of rotatable bonds is 3. The molecule has 2 atom stereocenters. The van der Waals surface area contributed by atoms with Crippen LogP contribution in [-0.4, -0.2) is 26.6 Å².